The number of likely N-dealkylation sites (tertiary alicyclic amines) is 1. The first-order chi connectivity index (χ1) is 8.16. The molecule has 0 amide bonds. The van der Waals surface area contributed by atoms with E-state index >= 15 is 0 Å². The van der Waals surface area contributed by atoms with Gasteiger partial charge in [-0.25, -0.2) is 4.98 Å². The van der Waals surface area contributed by atoms with Gasteiger partial charge >= 0.3 is 5.97 Å². The van der Waals surface area contributed by atoms with Crippen molar-refractivity contribution in [1.29, 1.82) is 0 Å². The zero-order chi connectivity index (χ0) is 12.3. The van der Waals surface area contributed by atoms with E-state index < -0.39 is 5.97 Å². The Morgan fingerprint density at radius 2 is 2.24 bits per heavy atom. The van der Waals surface area contributed by atoms with Gasteiger partial charge in [-0.3, -0.25) is 9.69 Å². The zero-order valence-corrected chi connectivity index (χ0v) is 11.0. The van der Waals surface area contributed by atoms with Crippen LogP contribution >= 0.6 is 22.9 Å². The van der Waals surface area contributed by atoms with E-state index in [2.05, 4.69) is 9.88 Å². The van der Waals surface area contributed by atoms with E-state index in [9.17, 15) is 4.79 Å². The van der Waals surface area contributed by atoms with Gasteiger partial charge in [0, 0.05) is 0 Å². The Bertz CT molecular complexity index is 391. The Morgan fingerprint density at radius 1 is 1.53 bits per heavy atom. The molecule has 1 atom stereocenters. The number of aliphatic carboxylic acids is 1. The lowest BCUT2D eigenvalue weighted by atomic mass is 10.1. The van der Waals surface area contributed by atoms with Crippen LogP contribution in [-0.4, -0.2) is 34.0 Å². The second kappa shape index (κ2) is 5.80. The first kappa shape index (κ1) is 12.8. The fourth-order valence-electron chi connectivity index (χ4n) is 2.19. The number of thiazole rings is 1. The summed E-state index contributed by atoms with van der Waals surface area (Å²) in [5.74, 6) is -0.785. The average molecular weight is 275 g/mol. The highest BCUT2D eigenvalue weighted by molar-refractivity contribution is 7.15. The topological polar surface area (TPSA) is 53.4 Å². The van der Waals surface area contributed by atoms with Crippen LogP contribution < -0.4 is 0 Å². The molecule has 1 fully saturated rings. The third-order valence-electron chi connectivity index (χ3n) is 2.98. The van der Waals surface area contributed by atoms with E-state index in [0.717, 1.165) is 30.9 Å². The van der Waals surface area contributed by atoms with E-state index in [1.807, 2.05) is 0 Å². The predicted octanol–water partition coefficient (Wildman–Crippen LogP) is 2.80. The van der Waals surface area contributed by atoms with Crippen LogP contribution in [0.15, 0.2) is 6.20 Å². The van der Waals surface area contributed by atoms with Crippen molar-refractivity contribution < 1.29 is 9.90 Å². The molecule has 1 aliphatic rings. The molecule has 6 heteroatoms. The van der Waals surface area contributed by atoms with Crippen LogP contribution in [0.4, 0.5) is 0 Å². The molecule has 4 nitrogen and oxygen atoms in total. The molecule has 1 unspecified atom stereocenters. The highest BCUT2D eigenvalue weighted by Gasteiger charge is 2.26. The van der Waals surface area contributed by atoms with E-state index in [1.54, 1.807) is 6.20 Å². The highest BCUT2D eigenvalue weighted by Crippen LogP contribution is 2.32. The summed E-state index contributed by atoms with van der Waals surface area (Å²) in [6, 6.07) is -0.120. The van der Waals surface area contributed by atoms with Crippen molar-refractivity contribution in [3.8, 4) is 0 Å². The largest absolute Gasteiger partial charge is 0.481 e. The van der Waals surface area contributed by atoms with Crippen molar-refractivity contribution in [3.63, 3.8) is 0 Å². The van der Waals surface area contributed by atoms with Gasteiger partial charge in [0.1, 0.15) is 9.34 Å². The summed E-state index contributed by atoms with van der Waals surface area (Å²) in [7, 11) is 0. The Kier molecular flexibility index (Phi) is 4.36. The molecule has 0 aliphatic carbocycles. The minimum absolute atomic E-state index is 0.101. The van der Waals surface area contributed by atoms with E-state index in [-0.39, 0.29) is 12.5 Å². The van der Waals surface area contributed by atoms with Gasteiger partial charge in [0.2, 0.25) is 0 Å². The van der Waals surface area contributed by atoms with Gasteiger partial charge in [-0.1, -0.05) is 18.0 Å². The second-order valence-electron chi connectivity index (χ2n) is 4.21. The van der Waals surface area contributed by atoms with Crippen LogP contribution in [0.2, 0.25) is 4.34 Å². The fraction of sp³-hybridized carbons (Fsp3) is 0.636. The van der Waals surface area contributed by atoms with Crippen molar-refractivity contribution in [3.05, 3.63) is 15.5 Å². The SMILES string of the molecule is O=C(O)CC(c1ncc(Cl)s1)N1CCCCC1. The van der Waals surface area contributed by atoms with Gasteiger partial charge in [0.15, 0.2) is 0 Å². The van der Waals surface area contributed by atoms with E-state index in [1.165, 1.54) is 17.8 Å². The van der Waals surface area contributed by atoms with Crippen molar-refractivity contribution in [1.82, 2.24) is 9.88 Å². The van der Waals surface area contributed by atoms with Crippen LogP contribution in [0.25, 0.3) is 0 Å². The quantitative estimate of drug-likeness (QED) is 0.917. The molecule has 0 bridgehead atoms. The number of carboxylic acid groups (broad SMARTS) is 1. The molecule has 94 valence electrons. The number of halogens is 1. The first-order valence-corrected chi connectivity index (χ1v) is 6.93. The van der Waals surface area contributed by atoms with Crippen molar-refractivity contribution >= 4 is 28.9 Å². The molecule has 17 heavy (non-hydrogen) atoms. The standard InChI is InChI=1S/C11H15ClN2O2S/c12-9-7-13-11(17-9)8(6-10(15)16)14-4-2-1-3-5-14/h7-8H,1-6H2,(H,15,16). The number of aromatic nitrogens is 1. The average Bonchev–Trinajstić information content (AvgIpc) is 2.73. The lowest BCUT2D eigenvalue weighted by molar-refractivity contribution is -0.138. The molecule has 2 heterocycles. The highest BCUT2D eigenvalue weighted by atomic mass is 35.5. The smallest absolute Gasteiger partial charge is 0.305 e. The van der Waals surface area contributed by atoms with Gasteiger partial charge in [0.05, 0.1) is 18.7 Å². The van der Waals surface area contributed by atoms with Crippen LogP contribution in [0.5, 0.6) is 0 Å². The van der Waals surface area contributed by atoms with Crippen LogP contribution in [0.3, 0.4) is 0 Å². The first-order valence-electron chi connectivity index (χ1n) is 5.74. The Balaban J connectivity index is 2.14. The van der Waals surface area contributed by atoms with Crippen LogP contribution in [0, 0.1) is 0 Å². The second-order valence-corrected chi connectivity index (χ2v) is 5.91. The molecule has 2 rings (SSSR count). The third kappa shape index (κ3) is 3.40. The number of rotatable bonds is 4. The summed E-state index contributed by atoms with van der Waals surface area (Å²) in [6.07, 6.45) is 5.20. The molecule has 1 N–H and O–H groups in total. The lowest BCUT2D eigenvalue weighted by Crippen LogP contribution is -2.34. The van der Waals surface area contributed by atoms with Gasteiger partial charge in [-0.15, -0.1) is 11.3 Å². The molecule has 0 saturated carbocycles. The van der Waals surface area contributed by atoms with Gasteiger partial charge in [0.25, 0.3) is 0 Å². The Labute approximate surface area is 109 Å². The molecule has 0 spiro atoms. The summed E-state index contributed by atoms with van der Waals surface area (Å²) in [5.41, 5.74) is 0. The van der Waals surface area contributed by atoms with Gasteiger partial charge in [-0.2, -0.15) is 0 Å². The zero-order valence-electron chi connectivity index (χ0n) is 9.43. The van der Waals surface area contributed by atoms with Gasteiger partial charge < -0.3 is 5.11 Å². The molecular weight excluding hydrogens is 260 g/mol. The summed E-state index contributed by atoms with van der Waals surface area (Å²) >= 11 is 7.25. The predicted molar refractivity (Wildman–Crippen MR) is 67.5 cm³/mol. The number of carboxylic acids is 1. The maximum atomic E-state index is 10.9. The summed E-state index contributed by atoms with van der Waals surface area (Å²) in [6.45, 7) is 1.91. The fourth-order valence-corrected chi connectivity index (χ4v) is 3.25. The summed E-state index contributed by atoms with van der Waals surface area (Å²) in [4.78, 5) is 17.4. The molecule has 1 aliphatic heterocycles. The normalized spacial score (nSPS) is 19.1. The molecule has 0 aromatic carbocycles. The monoisotopic (exact) mass is 274 g/mol. The number of hydrogen-bond donors (Lipinski definition) is 1. The third-order valence-corrected chi connectivity index (χ3v) is 4.20. The Morgan fingerprint density at radius 3 is 2.76 bits per heavy atom. The van der Waals surface area contributed by atoms with E-state index in [4.69, 9.17) is 16.7 Å². The lowest BCUT2D eigenvalue weighted by Gasteiger charge is -2.32. The number of carbonyl (C=O) groups is 1. The van der Waals surface area contributed by atoms with Crippen molar-refractivity contribution in [2.24, 2.45) is 0 Å². The number of piperidine rings is 1. The molecular formula is C11H15ClN2O2S. The minimum atomic E-state index is -0.785. The maximum Gasteiger partial charge on any atom is 0.305 e. The summed E-state index contributed by atoms with van der Waals surface area (Å²) in [5, 5.41) is 9.82. The minimum Gasteiger partial charge on any atom is -0.481 e. The van der Waals surface area contributed by atoms with Gasteiger partial charge in [-0.05, 0) is 25.9 Å². The molecule has 1 aromatic rings. The molecule has 1 aromatic heterocycles. The van der Waals surface area contributed by atoms with Crippen molar-refractivity contribution in [2.45, 2.75) is 31.7 Å². The summed E-state index contributed by atoms with van der Waals surface area (Å²) < 4.78 is 0.618. The maximum absolute atomic E-state index is 10.9. The number of hydrogen-bond acceptors (Lipinski definition) is 4. The Hall–Kier alpha value is -0.650. The van der Waals surface area contributed by atoms with Crippen LogP contribution in [0.1, 0.15) is 36.7 Å². The van der Waals surface area contributed by atoms with Crippen LogP contribution in [-0.2, 0) is 4.79 Å². The van der Waals surface area contributed by atoms with Crippen molar-refractivity contribution in [2.75, 3.05) is 13.1 Å². The number of nitrogens with zero attached hydrogens (tertiary/aromatic N) is 2. The molecule has 0 radical (unpaired) electrons. The van der Waals surface area contributed by atoms with E-state index in [0.29, 0.717) is 4.34 Å². The molecule has 1 saturated heterocycles.